The molecule has 1 heterocycles. The molecule has 0 saturated carbocycles. The van der Waals surface area contributed by atoms with Gasteiger partial charge < -0.3 is 14.6 Å². The highest BCUT2D eigenvalue weighted by atomic mass is 16.7. The minimum atomic E-state index is -0.748. The number of rotatable bonds is 5. The molecule has 1 aromatic rings. The van der Waals surface area contributed by atoms with Gasteiger partial charge in [-0.1, -0.05) is 19.9 Å². The van der Waals surface area contributed by atoms with Crippen molar-refractivity contribution >= 4 is 5.97 Å². The fourth-order valence-corrected chi connectivity index (χ4v) is 2.32. The molecule has 2 rings (SSSR count). The Morgan fingerprint density at radius 1 is 1.39 bits per heavy atom. The summed E-state index contributed by atoms with van der Waals surface area (Å²) in [5.74, 6) is 1.21. The van der Waals surface area contributed by atoms with Crippen LogP contribution in [0.3, 0.4) is 0 Å². The molecule has 1 aliphatic rings. The van der Waals surface area contributed by atoms with Crippen LogP contribution >= 0.6 is 0 Å². The van der Waals surface area contributed by atoms with Gasteiger partial charge in [-0.15, -0.1) is 0 Å². The number of ether oxygens (including phenoxy) is 2. The zero-order valence-corrected chi connectivity index (χ0v) is 10.7. The first-order chi connectivity index (χ1) is 8.59. The third-order valence-corrected chi connectivity index (χ3v) is 3.08. The maximum absolute atomic E-state index is 10.6. The Balaban J connectivity index is 2.21. The summed E-state index contributed by atoms with van der Waals surface area (Å²) >= 11 is 0. The zero-order valence-electron chi connectivity index (χ0n) is 10.7. The smallest absolute Gasteiger partial charge is 0.303 e. The van der Waals surface area contributed by atoms with E-state index in [0.717, 1.165) is 29.0 Å². The monoisotopic (exact) mass is 250 g/mol. The predicted octanol–water partition coefficient (Wildman–Crippen LogP) is 2.95. The normalized spacial score (nSPS) is 13.1. The molecule has 1 aliphatic heterocycles. The molecule has 0 radical (unpaired) electrons. The van der Waals surface area contributed by atoms with Crippen molar-refractivity contribution in [1.29, 1.82) is 0 Å². The number of benzene rings is 1. The summed E-state index contributed by atoms with van der Waals surface area (Å²) in [7, 11) is 0. The van der Waals surface area contributed by atoms with Gasteiger partial charge in [0.15, 0.2) is 11.5 Å². The lowest BCUT2D eigenvalue weighted by Crippen LogP contribution is -2.01. The molecule has 98 valence electrons. The second kappa shape index (κ2) is 5.29. The summed E-state index contributed by atoms with van der Waals surface area (Å²) in [5, 5.41) is 8.68. The molecule has 0 amide bonds. The number of fused-ring (bicyclic) bond motifs is 1. The SMILES string of the molecule is CC(C)c1c(CCCC(=O)O)ccc2c1OCO2. The topological polar surface area (TPSA) is 55.8 Å². The number of carboxylic acids is 1. The Bertz CT molecular complexity index is 451. The number of aliphatic carboxylic acids is 1. The van der Waals surface area contributed by atoms with Crippen LogP contribution in [0.5, 0.6) is 11.5 Å². The van der Waals surface area contributed by atoms with Crippen LogP contribution in [0.25, 0.3) is 0 Å². The van der Waals surface area contributed by atoms with Gasteiger partial charge in [-0.05, 0) is 30.4 Å². The highest BCUT2D eigenvalue weighted by molar-refractivity contribution is 5.66. The third kappa shape index (κ3) is 2.58. The molecule has 4 nitrogen and oxygen atoms in total. The first kappa shape index (κ1) is 12.7. The Labute approximate surface area is 107 Å². The lowest BCUT2D eigenvalue weighted by Gasteiger charge is -2.15. The lowest BCUT2D eigenvalue weighted by molar-refractivity contribution is -0.137. The van der Waals surface area contributed by atoms with Crippen molar-refractivity contribution in [3.63, 3.8) is 0 Å². The first-order valence-corrected chi connectivity index (χ1v) is 6.22. The minimum Gasteiger partial charge on any atom is -0.481 e. The molecule has 4 heteroatoms. The second-order valence-electron chi connectivity index (χ2n) is 4.77. The lowest BCUT2D eigenvalue weighted by atomic mass is 9.92. The van der Waals surface area contributed by atoms with E-state index in [0.29, 0.717) is 12.3 Å². The molecule has 0 unspecified atom stereocenters. The van der Waals surface area contributed by atoms with Crippen molar-refractivity contribution in [2.45, 2.75) is 39.0 Å². The van der Waals surface area contributed by atoms with E-state index in [1.54, 1.807) is 0 Å². The summed E-state index contributed by atoms with van der Waals surface area (Å²) in [5.41, 5.74) is 2.31. The van der Waals surface area contributed by atoms with Crippen molar-refractivity contribution in [3.8, 4) is 11.5 Å². The fraction of sp³-hybridized carbons (Fsp3) is 0.500. The maximum atomic E-state index is 10.6. The molecule has 0 aliphatic carbocycles. The van der Waals surface area contributed by atoms with E-state index in [-0.39, 0.29) is 13.2 Å². The fourth-order valence-electron chi connectivity index (χ4n) is 2.32. The largest absolute Gasteiger partial charge is 0.481 e. The highest BCUT2D eigenvalue weighted by Gasteiger charge is 2.22. The van der Waals surface area contributed by atoms with Crippen molar-refractivity contribution in [1.82, 2.24) is 0 Å². The van der Waals surface area contributed by atoms with Crippen LogP contribution < -0.4 is 9.47 Å². The van der Waals surface area contributed by atoms with E-state index in [9.17, 15) is 4.79 Å². The van der Waals surface area contributed by atoms with Gasteiger partial charge in [0, 0.05) is 12.0 Å². The molecule has 18 heavy (non-hydrogen) atoms. The highest BCUT2D eigenvalue weighted by Crippen LogP contribution is 2.41. The van der Waals surface area contributed by atoms with Crippen molar-refractivity contribution in [3.05, 3.63) is 23.3 Å². The van der Waals surface area contributed by atoms with Crippen LogP contribution in [0.4, 0.5) is 0 Å². The van der Waals surface area contributed by atoms with Gasteiger partial charge in [0.2, 0.25) is 6.79 Å². The summed E-state index contributed by atoms with van der Waals surface area (Å²) in [6.45, 7) is 4.49. The van der Waals surface area contributed by atoms with E-state index in [1.807, 2.05) is 12.1 Å². The molecule has 0 saturated heterocycles. The quantitative estimate of drug-likeness (QED) is 0.872. The number of aryl methyl sites for hydroxylation is 1. The van der Waals surface area contributed by atoms with Crippen LogP contribution in [0.1, 0.15) is 43.7 Å². The molecule has 0 fully saturated rings. The summed E-state index contributed by atoms with van der Waals surface area (Å²) < 4.78 is 10.9. The molecule has 0 spiro atoms. The standard InChI is InChI=1S/C14H18O4/c1-9(2)13-10(4-3-5-12(15)16)6-7-11-14(13)18-8-17-11/h6-7,9H,3-5,8H2,1-2H3,(H,15,16). The summed E-state index contributed by atoms with van der Waals surface area (Å²) in [6, 6.07) is 3.93. The van der Waals surface area contributed by atoms with Gasteiger partial charge in [0.05, 0.1) is 0 Å². The molecule has 0 atom stereocenters. The molecule has 1 N–H and O–H groups in total. The molecule has 0 bridgehead atoms. The van der Waals surface area contributed by atoms with Gasteiger partial charge in [0.1, 0.15) is 0 Å². The van der Waals surface area contributed by atoms with Gasteiger partial charge in [-0.25, -0.2) is 0 Å². The number of carbonyl (C=O) groups is 1. The molecular weight excluding hydrogens is 232 g/mol. The minimum absolute atomic E-state index is 0.200. The first-order valence-electron chi connectivity index (χ1n) is 6.22. The maximum Gasteiger partial charge on any atom is 0.303 e. The average Bonchev–Trinajstić information content (AvgIpc) is 2.75. The average molecular weight is 250 g/mol. The van der Waals surface area contributed by atoms with Crippen LogP contribution in [-0.2, 0) is 11.2 Å². The Morgan fingerprint density at radius 2 is 2.17 bits per heavy atom. The van der Waals surface area contributed by atoms with E-state index in [2.05, 4.69) is 13.8 Å². The van der Waals surface area contributed by atoms with Crippen LogP contribution in [0.15, 0.2) is 12.1 Å². The molecule has 1 aromatic carbocycles. The number of hydrogen-bond acceptors (Lipinski definition) is 3. The Kier molecular flexibility index (Phi) is 3.75. The summed E-state index contributed by atoms with van der Waals surface area (Å²) in [6.07, 6.45) is 1.61. The molecule has 0 aromatic heterocycles. The van der Waals surface area contributed by atoms with E-state index in [1.165, 1.54) is 0 Å². The van der Waals surface area contributed by atoms with Gasteiger partial charge in [-0.3, -0.25) is 4.79 Å². The zero-order chi connectivity index (χ0) is 13.1. The summed E-state index contributed by atoms with van der Waals surface area (Å²) in [4.78, 5) is 10.6. The van der Waals surface area contributed by atoms with Crippen molar-refractivity contribution in [2.75, 3.05) is 6.79 Å². The predicted molar refractivity (Wildman–Crippen MR) is 67.2 cm³/mol. The Hall–Kier alpha value is -1.71. The van der Waals surface area contributed by atoms with Gasteiger partial charge in [0.25, 0.3) is 0 Å². The molecular formula is C14H18O4. The van der Waals surface area contributed by atoms with Crippen LogP contribution in [-0.4, -0.2) is 17.9 Å². The van der Waals surface area contributed by atoms with E-state index >= 15 is 0 Å². The van der Waals surface area contributed by atoms with Crippen LogP contribution in [0.2, 0.25) is 0 Å². The van der Waals surface area contributed by atoms with Gasteiger partial charge in [-0.2, -0.15) is 0 Å². The van der Waals surface area contributed by atoms with E-state index < -0.39 is 5.97 Å². The van der Waals surface area contributed by atoms with Crippen molar-refractivity contribution in [2.24, 2.45) is 0 Å². The number of hydrogen-bond donors (Lipinski definition) is 1. The van der Waals surface area contributed by atoms with Gasteiger partial charge >= 0.3 is 5.97 Å². The number of carboxylic acid groups (broad SMARTS) is 1. The van der Waals surface area contributed by atoms with E-state index in [4.69, 9.17) is 14.6 Å². The van der Waals surface area contributed by atoms with Crippen LogP contribution in [0, 0.1) is 0 Å². The third-order valence-electron chi connectivity index (χ3n) is 3.08. The Morgan fingerprint density at radius 3 is 2.83 bits per heavy atom. The van der Waals surface area contributed by atoms with Crippen molar-refractivity contribution < 1.29 is 19.4 Å². The second-order valence-corrected chi connectivity index (χ2v) is 4.77.